The van der Waals surface area contributed by atoms with Crippen LogP contribution in [0.3, 0.4) is 0 Å². The quantitative estimate of drug-likeness (QED) is 0.748. The zero-order chi connectivity index (χ0) is 14.7. The highest BCUT2D eigenvalue weighted by molar-refractivity contribution is 5.53. The molecule has 0 amide bonds. The number of allylic oxidation sites excluding steroid dienone is 2. The van der Waals surface area contributed by atoms with E-state index < -0.39 is 0 Å². The maximum atomic E-state index is 14.5. The van der Waals surface area contributed by atoms with Crippen molar-refractivity contribution in [3.8, 4) is 11.5 Å². The highest BCUT2D eigenvalue weighted by atomic mass is 19.1. The first-order valence-corrected chi connectivity index (χ1v) is 7.22. The van der Waals surface area contributed by atoms with E-state index in [1.165, 1.54) is 12.7 Å². The topological polar surface area (TPSA) is 18.5 Å². The van der Waals surface area contributed by atoms with Crippen molar-refractivity contribution >= 4 is 0 Å². The molecule has 0 fully saturated rings. The molecule has 0 aromatic heterocycles. The third-order valence-corrected chi connectivity index (χ3v) is 4.04. The lowest BCUT2D eigenvalue weighted by Crippen LogP contribution is -2.09. The second kappa shape index (κ2) is 6.29. The van der Waals surface area contributed by atoms with Crippen LogP contribution in [0.15, 0.2) is 17.7 Å². The largest absolute Gasteiger partial charge is 0.496 e. The predicted octanol–water partition coefficient (Wildman–Crippen LogP) is 4.62. The van der Waals surface area contributed by atoms with E-state index in [9.17, 15) is 4.39 Å². The molecule has 1 atom stereocenters. The van der Waals surface area contributed by atoms with Gasteiger partial charge < -0.3 is 9.47 Å². The summed E-state index contributed by atoms with van der Waals surface area (Å²) in [6, 6.07) is 1.81. The molecule has 0 aliphatic heterocycles. The van der Waals surface area contributed by atoms with Crippen LogP contribution in [0.4, 0.5) is 4.39 Å². The van der Waals surface area contributed by atoms with Crippen molar-refractivity contribution in [3.05, 3.63) is 34.7 Å². The molecule has 0 saturated carbocycles. The monoisotopic (exact) mass is 278 g/mol. The molecule has 0 N–H and O–H groups in total. The standard InChI is InChI=1S/C17H23FO2/c1-5-12-10-14(19-3)15(17(20-4)16(12)18)13-8-6-7-11(2)9-13/h9-10,13H,5-8H2,1-4H3. The maximum Gasteiger partial charge on any atom is 0.168 e. The Kier molecular flexibility index (Phi) is 4.69. The molecule has 3 heteroatoms. The summed E-state index contributed by atoms with van der Waals surface area (Å²) in [5.74, 6) is 1.00. The van der Waals surface area contributed by atoms with Crippen LogP contribution in [0, 0.1) is 5.82 Å². The fourth-order valence-electron chi connectivity index (χ4n) is 2.99. The molecule has 2 nitrogen and oxygen atoms in total. The second-order valence-electron chi connectivity index (χ2n) is 5.36. The summed E-state index contributed by atoms with van der Waals surface area (Å²) in [5.41, 5.74) is 2.84. The van der Waals surface area contributed by atoms with Crippen molar-refractivity contribution < 1.29 is 13.9 Å². The van der Waals surface area contributed by atoms with Crippen LogP contribution in [0.2, 0.25) is 0 Å². The van der Waals surface area contributed by atoms with Gasteiger partial charge >= 0.3 is 0 Å². The molecular weight excluding hydrogens is 255 g/mol. The lowest BCUT2D eigenvalue weighted by molar-refractivity contribution is 0.358. The van der Waals surface area contributed by atoms with Crippen LogP contribution >= 0.6 is 0 Å². The first kappa shape index (κ1) is 14.9. The Labute approximate surface area is 120 Å². The van der Waals surface area contributed by atoms with Crippen LogP contribution in [0.25, 0.3) is 0 Å². The maximum absolute atomic E-state index is 14.5. The smallest absolute Gasteiger partial charge is 0.168 e. The molecule has 2 rings (SSSR count). The third kappa shape index (κ3) is 2.67. The number of methoxy groups -OCH3 is 2. The number of ether oxygens (including phenoxy) is 2. The lowest BCUT2D eigenvalue weighted by Gasteiger charge is -2.25. The zero-order valence-electron chi connectivity index (χ0n) is 12.8. The fraction of sp³-hybridized carbons (Fsp3) is 0.529. The van der Waals surface area contributed by atoms with Crippen molar-refractivity contribution in [2.75, 3.05) is 14.2 Å². The summed E-state index contributed by atoms with van der Waals surface area (Å²) < 4.78 is 25.4. The van der Waals surface area contributed by atoms with Gasteiger partial charge in [0.15, 0.2) is 11.6 Å². The van der Waals surface area contributed by atoms with Crippen LogP contribution in [-0.2, 0) is 6.42 Å². The fourth-order valence-corrected chi connectivity index (χ4v) is 2.99. The summed E-state index contributed by atoms with van der Waals surface area (Å²) in [6.45, 7) is 4.06. The van der Waals surface area contributed by atoms with E-state index in [-0.39, 0.29) is 11.7 Å². The number of hydrogen-bond acceptors (Lipinski definition) is 2. The average Bonchev–Trinajstić information content (AvgIpc) is 2.46. The van der Waals surface area contributed by atoms with Crippen LogP contribution in [-0.4, -0.2) is 14.2 Å². The van der Waals surface area contributed by atoms with Crippen LogP contribution < -0.4 is 9.47 Å². The summed E-state index contributed by atoms with van der Waals surface area (Å²) in [4.78, 5) is 0. The molecule has 0 radical (unpaired) electrons. The first-order chi connectivity index (χ1) is 9.62. The van der Waals surface area contributed by atoms with Gasteiger partial charge in [0.2, 0.25) is 0 Å². The van der Waals surface area contributed by atoms with Crippen molar-refractivity contribution in [2.24, 2.45) is 0 Å². The lowest BCUT2D eigenvalue weighted by atomic mass is 9.84. The normalized spacial score (nSPS) is 18.6. The van der Waals surface area contributed by atoms with Gasteiger partial charge in [-0.05, 0) is 44.2 Å². The number of halogens is 1. The highest BCUT2D eigenvalue weighted by Crippen LogP contribution is 2.43. The Balaban J connectivity index is 2.60. The van der Waals surface area contributed by atoms with Gasteiger partial charge in [-0.2, -0.15) is 0 Å². The summed E-state index contributed by atoms with van der Waals surface area (Å²) in [6.07, 6.45) is 6.09. The molecule has 0 heterocycles. The van der Waals surface area contributed by atoms with Gasteiger partial charge in [0, 0.05) is 11.5 Å². The van der Waals surface area contributed by atoms with Crippen LogP contribution in [0.1, 0.15) is 50.2 Å². The van der Waals surface area contributed by atoms with Gasteiger partial charge in [-0.25, -0.2) is 4.39 Å². The molecular formula is C17H23FO2. The van der Waals surface area contributed by atoms with Crippen molar-refractivity contribution in [2.45, 2.75) is 45.4 Å². The molecule has 1 unspecified atom stereocenters. The van der Waals surface area contributed by atoms with E-state index in [1.54, 1.807) is 7.11 Å². The van der Waals surface area contributed by atoms with Crippen molar-refractivity contribution in [1.82, 2.24) is 0 Å². The van der Waals surface area contributed by atoms with E-state index >= 15 is 0 Å². The number of benzene rings is 1. The molecule has 20 heavy (non-hydrogen) atoms. The van der Waals surface area contributed by atoms with Gasteiger partial charge in [-0.3, -0.25) is 0 Å². The number of aryl methyl sites for hydroxylation is 1. The summed E-state index contributed by atoms with van der Waals surface area (Å²) in [7, 11) is 3.16. The van der Waals surface area contributed by atoms with Crippen molar-refractivity contribution in [3.63, 3.8) is 0 Å². The SMILES string of the molecule is CCc1cc(OC)c(C2C=C(C)CCC2)c(OC)c1F. The van der Waals surface area contributed by atoms with Gasteiger partial charge in [0.25, 0.3) is 0 Å². The van der Waals surface area contributed by atoms with E-state index in [2.05, 4.69) is 13.0 Å². The number of rotatable bonds is 4. The third-order valence-electron chi connectivity index (χ3n) is 4.04. The number of hydrogen-bond donors (Lipinski definition) is 0. The molecule has 0 saturated heterocycles. The first-order valence-electron chi connectivity index (χ1n) is 7.22. The average molecular weight is 278 g/mol. The summed E-state index contributed by atoms with van der Waals surface area (Å²) >= 11 is 0. The molecule has 110 valence electrons. The molecule has 0 spiro atoms. The van der Waals surface area contributed by atoms with Crippen LogP contribution in [0.5, 0.6) is 11.5 Å². The second-order valence-corrected chi connectivity index (χ2v) is 5.36. The Morgan fingerprint density at radius 3 is 2.60 bits per heavy atom. The molecule has 1 aromatic rings. The molecule has 0 bridgehead atoms. The molecule has 1 aliphatic carbocycles. The molecule has 1 aliphatic rings. The van der Waals surface area contributed by atoms with E-state index in [1.807, 2.05) is 13.0 Å². The Morgan fingerprint density at radius 1 is 1.30 bits per heavy atom. The molecule has 1 aromatic carbocycles. The minimum absolute atomic E-state index is 0.175. The van der Waals surface area contributed by atoms with E-state index in [0.717, 1.165) is 30.6 Å². The van der Waals surface area contributed by atoms with E-state index in [0.29, 0.717) is 17.7 Å². The van der Waals surface area contributed by atoms with E-state index in [4.69, 9.17) is 9.47 Å². The summed E-state index contributed by atoms with van der Waals surface area (Å²) in [5, 5.41) is 0. The van der Waals surface area contributed by atoms with Gasteiger partial charge in [-0.15, -0.1) is 0 Å². The minimum Gasteiger partial charge on any atom is -0.496 e. The van der Waals surface area contributed by atoms with Gasteiger partial charge in [-0.1, -0.05) is 18.6 Å². The zero-order valence-corrected chi connectivity index (χ0v) is 12.8. The van der Waals surface area contributed by atoms with Gasteiger partial charge in [0.05, 0.1) is 14.2 Å². The Bertz CT molecular complexity index is 520. The minimum atomic E-state index is -0.248. The Hall–Kier alpha value is -1.51. The predicted molar refractivity (Wildman–Crippen MR) is 79.2 cm³/mol. The van der Waals surface area contributed by atoms with Gasteiger partial charge in [0.1, 0.15) is 5.75 Å². The highest BCUT2D eigenvalue weighted by Gasteiger charge is 2.26. The Morgan fingerprint density at radius 2 is 2.05 bits per heavy atom. The van der Waals surface area contributed by atoms with Crippen molar-refractivity contribution in [1.29, 1.82) is 0 Å².